The Morgan fingerprint density at radius 3 is 2.31 bits per heavy atom. The van der Waals surface area contributed by atoms with E-state index in [1.165, 1.54) is 20.1 Å². The zero-order valence-electron chi connectivity index (χ0n) is 19.0. The van der Waals surface area contributed by atoms with Crippen LogP contribution < -0.4 is 15.4 Å². The van der Waals surface area contributed by atoms with E-state index in [9.17, 15) is 14.4 Å². The van der Waals surface area contributed by atoms with E-state index in [1.807, 2.05) is 12.1 Å². The van der Waals surface area contributed by atoms with Crippen LogP contribution >= 0.6 is 11.6 Å². The van der Waals surface area contributed by atoms with Gasteiger partial charge in [-0.15, -0.1) is 0 Å². The van der Waals surface area contributed by atoms with Gasteiger partial charge in [0.25, 0.3) is 11.8 Å². The van der Waals surface area contributed by atoms with Gasteiger partial charge in [0.1, 0.15) is 5.75 Å². The van der Waals surface area contributed by atoms with Crippen molar-refractivity contribution in [2.75, 3.05) is 19.0 Å². The normalized spacial score (nSPS) is 11.9. The Balaban J connectivity index is 1.80. The maximum absolute atomic E-state index is 12.3. The predicted octanol–water partition coefficient (Wildman–Crippen LogP) is 4.34. The summed E-state index contributed by atoms with van der Waals surface area (Å²) in [7, 11) is 1.47. The Kier molecular flexibility index (Phi) is 8.66. The van der Waals surface area contributed by atoms with Crippen LogP contribution in [-0.4, -0.2) is 37.5 Å². The number of amides is 2. The molecule has 2 aromatic carbocycles. The smallest absolute Gasteiger partial charge is 0.308 e. The van der Waals surface area contributed by atoms with Gasteiger partial charge in [-0.25, -0.2) is 0 Å². The number of carbonyl (C=O) groups is 3. The minimum Gasteiger partial charge on any atom is -0.495 e. The van der Waals surface area contributed by atoms with Crippen molar-refractivity contribution in [3.63, 3.8) is 0 Å². The van der Waals surface area contributed by atoms with Crippen LogP contribution in [0, 0.1) is 0 Å². The zero-order valence-corrected chi connectivity index (χ0v) is 19.7. The lowest BCUT2D eigenvalue weighted by molar-refractivity contribution is -0.153. The highest BCUT2D eigenvalue weighted by molar-refractivity contribution is 6.31. The van der Waals surface area contributed by atoms with Crippen LogP contribution in [-0.2, 0) is 19.7 Å². The number of ether oxygens (including phenoxy) is 2. The average Bonchev–Trinajstić information content (AvgIpc) is 2.73. The Morgan fingerprint density at radius 2 is 1.72 bits per heavy atom. The topological polar surface area (TPSA) is 93.7 Å². The summed E-state index contributed by atoms with van der Waals surface area (Å²) in [5.41, 5.74) is 2.01. The number of anilines is 1. The fraction of sp³-hybridized carbons (Fsp3) is 0.375. The third-order valence-corrected chi connectivity index (χ3v) is 4.96. The second kappa shape index (κ2) is 11.0. The first-order valence-electron chi connectivity index (χ1n) is 10.2. The maximum atomic E-state index is 12.3. The number of carbonyl (C=O) groups excluding carboxylic acids is 3. The molecule has 0 aliphatic heterocycles. The van der Waals surface area contributed by atoms with Gasteiger partial charge >= 0.3 is 5.97 Å². The highest BCUT2D eigenvalue weighted by Crippen LogP contribution is 2.28. The molecule has 2 rings (SSSR count). The Hall–Kier alpha value is -3.06. The second-order valence-electron chi connectivity index (χ2n) is 8.30. The highest BCUT2D eigenvalue weighted by Gasteiger charge is 2.20. The Morgan fingerprint density at radius 1 is 1.06 bits per heavy atom. The molecule has 2 N–H and O–H groups in total. The molecule has 2 aromatic rings. The summed E-state index contributed by atoms with van der Waals surface area (Å²) in [6.07, 6.45) is -1.10. The molecule has 0 aromatic heterocycles. The quantitative estimate of drug-likeness (QED) is 0.571. The van der Waals surface area contributed by atoms with E-state index in [4.69, 9.17) is 21.1 Å². The van der Waals surface area contributed by atoms with Crippen LogP contribution in [0.5, 0.6) is 5.75 Å². The molecule has 0 radical (unpaired) electrons. The molecule has 2 amide bonds. The molecule has 7 nitrogen and oxygen atoms in total. The lowest BCUT2D eigenvalue weighted by Crippen LogP contribution is -2.32. The number of halogens is 1. The first kappa shape index (κ1) is 25.2. The Labute approximate surface area is 193 Å². The van der Waals surface area contributed by atoms with Gasteiger partial charge < -0.3 is 20.1 Å². The molecule has 172 valence electrons. The Bertz CT molecular complexity index is 967. The number of hydrogen-bond acceptors (Lipinski definition) is 5. The molecule has 1 atom stereocenters. The summed E-state index contributed by atoms with van der Waals surface area (Å²) in [6, 6.07) is 12.1. The van der Waals surface area contributed by atoms with Gasteiger partial charge in [-0.05, 0) is 48.2 Å². The van der Waals surface area contributed by atoms with E-state index in [0.29, 0.717) is 22.0 Å². The summed E-state index contributed by atoms with van der Waals surface area (Å²) < 4.78 is 10.3. The SMILES string of the molecule is COc1ccc(Cl)cc1NC(=O)C(C)OC(=O)CCNC(=O)c1ccc(C(C)(C)C)cc1. The van der Waals surface area contributed by atoms with E-state index in [0.717, 1.165) is 5.56 Å². The summed E-state index contributed by atoms with van der Waals surface area (Å²) in [5, 5.41) is 5.73. The molecular formula is C24H29ClN2O5. The van der Waals surface area contributed by atoms with Crippen molar-refractivity contribution in [2.45, 2.75) is 45.6 Å². The highest BCUT2D eigenvalue weighted by atomic mass is 35.5. The minimum absolute atomic E-state index is 0.000344. The molecule has 0 bridgehead atoms. The first-order valence-corrected chi connectivity index (χ1v) is 10.6. The lowest BCUT2D eigenvalue weighted by atomic mass is 9.87. The first-order chi connectivity index (χ1) is 15.0. The van der Waals surface area contributed by atoms with Crippen LogP contribution in [0.3, 0.4) is 0 Å². The lowest BCUT2D eigenvalue weighted by Gasteiger charge is -2.19. The zero-order chi connectivity index (χ0) is 23.9. The van der Waals surface area contributed by atoms with E-state index in [1.54, 1.807) is 24.3 Å². The van der Waals surface area contributed by atoms with Gasteiger partial charge in [0.15, 0.2) is 6.10 Å². The second-order valence-corrected chi connectivity index (χ2v) is 8.74. The van der Waals surface area contributed by atoms with Crippen LogP contribution in [0.2, 0.25) is 5.02 Å². The third-order valence-electron chi connectivity index (χ3n) is 4.72. The van der Waals surface area contributed by atoms with Gasteiger partial charge in [-0.3, -0.25) is 14.4 Å². The summed E-state index contributed by atoms with van der Waals surface area (Å²) in [6.45, 7) is 7.84. The number of esters is 1. The van der Waals surface area contributed by atoms with Crippen LogP contribution in [0.25, 0.3) is 0 Å². The molecule has 0 saturated carbocycles. The van der Waals surface area contributed by atoms with Crippen LogP contribution in [0.1, 0.15) is 50.0 Å². The van der Waals surface area contributed by atoms with Crippen molar-refractivity contribution < 1.29 is 23.9 Å². The van der Waals surface area contributed by atoms with Crippen molar-refractivity contribution in [3.8, 4) is 5.75 Å². The molecule has 0 aliphatic rings. The van der Waals surface area contributed by atoms with Gasteiger partial charge in [0, 0.05) is 17.1 Å². The maximum Gasteiger partial charge on any atom is 0.308 e. The number of hydrogen-bond donors (Lipinski definition) is 2. The van der Waals surface area contributed by atoms with Gasteiger partial charge in [-0.1, -0.05) is 44.5 Å². The van der Waals surface area contributed by atoms with Gasteiger partial charge in [0.05, 0.1) is 19.2 Å². The monoisotopic (exact) mass is 460 g/mol. The number of benzene rings is 2. The standard InChI is InChI=1S/C24H29ClN2O5/c1-15(22(29)27-19-14-18(25)10-11-20(19)31-5)32-21(28)12-13-26-23(30)16-6-8-17(9-7-16)24(2,3)4/h6-11,14-15H,12-13H2,1-5H3,(H,26,30)(H,27,29). The predicted molar refractivity (Wildman–Crippen MR) is 124 cm³/mol. The van der Waals surface area contributed by atoms with Crippen molar-refractivity contribution in [3.05, 3.63) is 58.6 Å². The molecule has 8 heteroatoms. The minimum atomic E-state index is -1.04. The molecule has 0 saturated heterocycles. The molecule has 1 unspecified atom stereocenters. The molecular weight excluding hydrogens is 432 g/mol. The third kappa shape index (κ3) is 7.27. The van der Waals surface area contributed by atoms with Crippen molar-refractivity contribution in [1.29, 1.82) is 0 Å². The van der Waals surface area contributed by atoms with Crippen molar-refractivity contribution in [2.24, 2.45) is 0 Å². The molecule has 0 heterocycles. The summed E-state index contributed by atoms with van der Waals surface area (Å²) in [5.74, 6) is -0.979. The molecule has 0 aliphatic carbocycles. The van der Waals surface area contributed by atoms with Crippen molar-refractivity contribution >= 4 is 35.1 Å². The summed E-state index contributed by atoms with van der Waals surface area (Å²) in [4.78, 5) is 36.7. The van der Waals surface area contributed by atoms with Gasteiger partial charge in [0.2, 0.25) is 0 Å². The van der Waals surface area contributed by atoms with E-state index >= 15 is 0 Å². The molecule has 0 fully saturated rings. The fourth-order valence-electron chi connectivity index (χ4n) is 2.82. The molecule has 0 spiro atoms. The van der Waals surface area contributed by atoms with E-state index < -0.39 is 18.0 Å². The molecule has 32 heavy (non-hydrogen) atoms. The number of rotatable bonds is 8. The van der Waals surface area contributed by atoms with Crippen LogP contribution in [0.15, 0.2) is 42.5 Å². The number of methoxy groups -OCH3 is 1. The summed E-state index contributed by atoms with van der Waals surface area (Å²) >= 11 is 5.95. The van der Waals surface area contributed by atoms with E-state index in [2.05, 4.69) is 31.4 Å². The van der Waals surface area contributed by atoms with Gasteiger partial charge in [-0.2, -0.15) is 0 Å². The van der Waals surface area contributed by atoms with E-state index in [-0.39, 0.29) is 24.3 Å². The van der Waals surface area contributed by atoms with Crippen molar-refractivity contribution in [1.82, 2.24) is 5.32 Å². The fourth-order valence-corrected chi connectivity index (χ4v) is 3.00. The van der Waals surface area contributed by atoms with Crippen LogP contribution in [0.4, 0.5) is 5.69 Å². The largest absolute Gasteiger partial charge is 0.495 e. The number of nitrogens with one attached hydrogen (secondary N) is 2. The average molecular weight is 461 g/mol.